The van der Waals surface area contributed by atoms with Gasteiger partial charge in [0, 0.05) is 18.7 Å². The molecule has 0 aliphatic carbocycles. The molecule has 1 aromatic rings. The summed E-state index contributed by atoms with van der Waals surface area (Å²) in [4.78, 5) is 13.2. The molecular formula is C24H39NO3. The summed E-state index contributed by atoms with van der Waals surface area (Å²) >= 11 is 0. The minimum Gasteiger partial charge on any atom is -0.342 e. The second-order valence-electron chi connectivity index (χ2n) is 10.0. The van der Waals surface area contributed by atoms with Crippen molar-refractivity contribution in [1.82, 2.24) is 0 Å². The highest BCUT2D eigenvalue weighted by Crippen LogP contribution is 2.39. The van der Waals surface area contributed by atoms with Gasteiger partial charge >= 0.3 is 0 Å². The van der Waals surface area contributed by atoms with Gasteiger partial charge < -0.3 is 14.8 Å². The number of amides is 1. The van der Waals surface area contributed by atoms with Crippen LogP contribution in [-0.2, 0) is 26.1 Å². The average Bonchev–Trinajstić information content (AvgIpc) is 2.61. The fourth-order valence-electron chi connectivity index (χ4n) is 3.72. The molecule has 1 fully saturated rings. The van der Waals surface area contributed by atoms with Crippen LogP contribution in [0.3, 0.4) is 0 Å². The molecule has 4 nitrogen and oxygen atoms in total. The Labute approximate surface area is 171 Å². The van der Waals surface area contributed by atoms with Crippen molar-refractivity contribution in [3.63, 3.8) is 0 Å². The van der Waals surface area contributed by atoms with Crippen molar-refractivity contribution in [3.8, 4) is 0 Å². The van der Waals surface area contributed by atoms with Gasteiger partial charge in [-0.1, -0.05) is 60.6 Å². The van der Waals surface area contributed by atoms with Gasteiger partial charge in [0.15, 0.2) is 0 Å². The van der Waals surface area contributed by atoms with Crippen LogP contribution in [0, 0.1) is 11.3 Å². The van der Waals surface area contributed by atoms with Crippen molar-refractivity contribution < 1.29 is 14.3 Å². The molecule has 0 radical (unpaired) electrons. The van der Waals surface area contributed by atoms with E-state index >= 15 is 0 Å². The third-order valence-corrected chi connectivity index (χ3v) is 5.89. The molecule has 1 aliphatic rings. The maximum Gasteiger partial charge on any atom is 0.284 e. The summed E-state index contributed by atoms with van der Waals surface area (Å²) < 4.78 is 12.0. The molecule has 28 heavy (non-hydrogen) atoms. The summed E-state index contributed by atoms with van der Waals surface area (Å²) in [5.74, 6) is -0.962. The molecule has 0 spiro atoms. The molecule has 4 heteroatoms. The maximum absolute atomic E-state index is 13.2. The second kappa shape index (κ2) is 8.54. The number of hydrogen-bond donors (Lipinski definition) is 1. The number of ether oxygens (including phenoxy) is 2. The summed E-state index contributed by atoms with van der Waals surface area (Å²) in [5, 5.41) is 3.10. The predicted octanol–water partition coefficient (Wildman–Crippen LogP) is 5.69. The van der Waals surface area contributed by atoms with E-state index in [0.29, 0.717) is 25.6 Å². The Hall–Kier alpha value is -1.39. The lowest BCUT2D eigenvalue weighted by Gasteiger charge is -2.42. The van der Waals surface area contributed by atoms with Gasteiger partial charge in [-0.25, -0.2) is 0 Å². The summed E-state index contributed by atoms with van der Waals surface area (Å²) in [5.41, 5.74) is 3.49. The zero-order chi connectivity index (χ0) is 21.2. The van der Waals surface area contributed by atoms with Crippen LogP contribution in [-0.4, -0.2) is 24.9 Å². The van der Waals surface area contributed by atoms with Gasteiger partial charge in [0.1, 0.15) is 0 Å². The van der Waals surface area contributed by atoms with Gasteiger partial charge in [-0.2, -0.15) is 0 Å². The fraction of sp³-hybridized carbons (Fsp3) is 0.708. The van der Waals surface area contributed by atoms with E-state index in [2.05, 4.69) is 65.9 Å². The van der Waals surface area contributed by atoms with Crippen LogP contribution < -0.4 is 5.32 Å². The summed E-state index contributed by atoms with van der Waals surface area (Å²) in [7, 11) is 0. The van der Waals surface area contributed by atoms with E-state index < -0.39 is 5.79 Å². The molecule has 2 rings (SSSR count). The third kappa shape index (κ3) is 5.15. The number of rotatable bonds is 5. The number of carbonyl (C=O) groups is 1. The minimum absolute atomic E-state index is 0.0768. The Morgan fingerprint density at radius 1 is 1.21 bits per heavy atom. The molecule has 2 unspecified atom stereocenters. The molecule has 0 bridgehead atoms. The first-order valence-electron chi connectivity index (χ1n) is 10.7. The van der Waals surface area contributed by atoms with E-state index in [1.54, 1.807) is 0 Å². The quantitative estimate of drug-likeness (QED) is 0.703. The zero-order valence-electron chi connectivity index (χ0n) is 19.1. The van der Waals surface area contributed by atoms with Gasteiger partial charge in [-0.05, 0) is 53.7 Å². The largest absolute Gasteiger partial charge is 0.342 e. The number of anilines is 1. The van der Waals surface area contributed by atoms with Gasteiger partial charge in [0.25, 0.3) is 5.91 Å². The lowest BCUT2D eigenvalue weighted by atomic mass is 9.76. The van der Waals surface area contributed by atoms with Crippen LogP contribution >= 0.6 is 0 Å². The van der Waals surface area contributed by atoms with Crippen LogP contribution in [0.5, 0.6) is 0 Å². The Morgan fingerprint density at radius 3 is 2.36 bits per heavy atom. The zero-order valence-corrected chi connectivity index (χ0v) is 19.1. The SMILES string of the molecule is CCOC1(C(=O)Nc2ccc(C(C)(C)C)cc2CC)CCC(C(C)(C)C)CO1. The van der Waals surface area contributed by atoms with E-state index in [0.717, 1.165) is 24.1 Å². The first kappa shape index (κ1) is 22.9. The molecule has 1 aliphatic heterocycles. The molecule has 2 atom stereocenters. The Balaban J connectivity index is 2.21. The van der Waals surface area contributed by atoms with E-state index in [9.17, 15) is 4.79 Å². The fourth-order valence-corrected chi connectivity index (χ4v) is 3.72. The molecule has 1 amide bonds. The molecule has 0 aromatic heterocycles. The van der Waals surface area contributed by atoms with Crippen molar-refractivity contribution in [2.45, 2.75) is 85.9 Å². The predicted molar refractivity (Wildman–Crippen MR) is 116 cm³/mol. The number of benzene rings is 1. The summed E-state index contributed by atoms with van der Waals surface area (Å²) in [6.07, 6.45) is 2.35. The lowest BCUT2D eigenvalue weighted by molar-refractivity contribution is -0.253. The number of nitrogens with one attached hydrogen (secondary N) is 1. The van der Waals surface area contributed by atoms with Crippen molar-refractivity contribution in [1.29, 1.82) is 0 Å². The molecule has 1 aromatic carbocycles. The van der Waals surface area contributed by atoms with Crippen LogP contribution in [0.2, 0.25) is 0 Å². The molecule has 1 N–H and O–H groups in total. The highest BCUT2D eigenvalue weighted by atomic mass is 16.7. The highest BCUT2D eigenvalue weighted by Gasteiger charge is 2.46. The average molecular weight is 390 g/mol. The molecule has 1 heterocycles. The number of hydrogen-bond acceptors (Lipinski definition) is 3. The number of carbonyl (C=O) groups excluding carboxylic acids is 1. The molecular weight excluding hydrogens is 350 g/mol. The second-order valence-corrected chi connectivity index (χ2v) is 10.0. The van der Waals surface area contributed by atoms with Crippen molar-refractivity contribution in [2.75, 3.05) is 18.5 Å². The molecule has 1 saturated heterocycles. The van der Waals surface area contributed by atoms with Gasteiger partial charge in [-0.15, -0.1) is 0 Å². The van der Waals surface area contributed by atoms with Crippen molar-refractivity contribution >= 4 is 11.6 Å². The van der Waals surface area contributed by atoms with Gasteiger partial charge in [-0.3, -0.25) is 4.79 Å². The highest BCUT2D eigenvalue weighted by molar-refractivity contribution is 5.97. The molecule has 158 valence electrons. The normalized spacial score (nSPS) is 23.5. The van der Waals surface area contributed by atoms with Crippen LogP contribution in [0.15, 0.2) is 18.2 Å². The lowest BCUT2D eigenvalue weighted by Crippen LogP contribution is -2.52. The topological polar surface area (TPSA) is 47.6 Å². The first-order valence-corrected chi connectivity index (χ1v) is 10.7. The Morgan fingerprint density at radius 2 is 1.89 bits per heavy atom. The Kier molecular flexibility index (Phi) is 6.99. The van der Waals surface area contributed by atoms with Gasteiger partial charge in [0.05, 0.1) is 6.61 Å². The van der Waals surface area contributed by atoms with Gasteiger partial charge in [0.2, 0.25) is 5.79 Å². The van der Waals surface area contributed by atoms with Crippen LogP contribution in [0.4, 0.5) is 5.69 Å². The standard InChI is InChI=1S/C24H39NO3/c1-9-17-15-18(22(3,4)5)11-12-20(17)25-21(26)24(27-10-2)14-13-19(16-28-24)23(6,7)8/h11-12,15,19H,9-10,13-14,16H2,1-8H3,(H,25,26). The van der Waals surface area contributed by atoms with E-state index in [1.807, 2.05) is 13.0 Å². The number of aryl methyl sites for hydroxylation is 1. The summed E-state index contributed by atoms with van der Waals surface area (Å²) in [6.45, 7) is 18.3. The van der Waals surface area contributed by atoms with Crippen molar-refractivity contribution in [2.24, 2.45) is 11.3 Å². The third-order valence-electron chi connectivity index (χ3n) is 5.89. The molecule has 0 saturated carbocycles. The summed E-state index contributed by atoms with van der Waals surface area (Å²) in [6, 6.07) is 6.30. The van der Waals surface area contributed by atoms with Crippen LogP contribution in [0.1, 0.15) is 79.4 Å². The smallest absolute Gasteiger partial charge is 0.284 e. The van der Waals surface area contributed by atoms with Crippen molar-refractivity contribution in [3.05, 3.63) is 29.3 Å². The van der Waals surface area contributed by atoms with Crippen LogP contribution in [0.25, 0.3) is 0 Å². The van der Waals surface area contributed by atoms with E-state index in [4.69, 9.17) is 9.47 Å². The monoisotopic (exact) mass is 389 g/mol. The Bertz CT molecular complexity index is 674. The first-order chi connectivity index (χ1) is 12.9. The minimum atomic E-state index is -1.19. The maximum atomic E-state index is 13.2. The van der Waals surface area contributed by atoms with E-state index in [1.165, 1.54) is 5.56 Å². The van der Waals surface area contributed by atoms with E-state index in [-0.39, 0.29) is 16.7 Å².